The summed E-state index contributed by atoms with van der Waals surface area (Å²) in [5.74, 6) is -1.70. The Labute approximate surface area is 281 Å². The van der Waals surface area contributed by atoms with Gasteiger partial charge in [-0.3, -0.25) is 19.1 Å². The summed E-state index contributed by atoms with van der Waals surface area (Å²) < 4.78 is 36.9. The SMILES string of the molecule is CNC(=O)[C@@H](NC(=O)[C@H]1CN(S(=O)(=O)c2cnn(Cc3ccccc3)c2)CC12CN(C(=O)[C@H]1CC1(C)C)C2)[C@@H](C)OCc1ccccc1. The molecule has 1 aliphatic carbocycles. The van der Waals surface area contributed by atoms with Crippen molar-refractivity contribution in [1.29, 1.82) is 0 Å². The molecule has 2 aliphatic heterocycles. The molecule has 48 heavy (non-hydrogen) atoms. The van der Waals surface area contributed by atoms with E-state index in [1.165, 1.54) is 23.7 Å². The van der Waals surface area contributed by atoms with Crippen LogP contribution in [0.25, 0.3) is 0 Å². The van der Waals surface area contributed by atoms with Gasteiger partial charge in [0.1, 0.15) is 10.9 Å². The smallest absolute Gasteiger partial charge is 0.246 e. The van der Waals surface area contributed by atoms with E-state index in [1.807, 2.05) is 60.7 Å². The highest BCUT2D eigenvalue weighted by Gasteiger charge is 2.62. The lowest BCUT2D eigenvalue weighted by Gasteiger charge is -2.50. The number of amides is 3. The second kappa shape index (κ2) is 13.1. The van der Waals surface area contributed by atoms with Gasteiger partial charge in [0, 0.05) is 50.8 Å². The summed E-state index contributed by atoms with van der Waals surface area (Å²) in [7, 11) is -2.54. The van der Waals surface area contributed by atoms with Gasteiger partial charge in [-0.05, 0) is 29.9 Å². The average molecular weight is 677 g/mol. The Morgan fingerprint density at radius 1 is 0.979 bits per heavy atom. The Balaban J connectivity index is 1.21. The maximum Gasteiger partial charge on any atom is 0.246 e. The Morgan fingerprint density at radius 3 is 2.21 bits per heavy atom. The van der Waals surface area contributed by atoms with Gasteiger partial charge in [-0.15, -0.1) is 0 Å². The van der Waals surface area contributed by atoms with E-state index in [9.17, 15) is 22.8 Å². The number of aromatic nitrogens is 2. The van der Waals surface area contributed by atoms with Crippen molar-refractivity contribution in [2.24, 2.45) is 22.7 Å². The van der Waals surface area contributed by atoms with E-state index in [0.717, 1.165) is 17.5 Å². The summed E-state index contributed by atoms with van der Waals surface area (Å²) in [6.45, 7) is 7.00. The van der Waals surface area contributed by atoms with Crippen molar-refractivity contribution in [2.75, 3.05) is 33.2 Å². The summed E-state index contributed by atoms with van der Waals surface area (Å²) in [6, 6.07) is 18.1. The largest absolute Gasteiger partial charge is 0.371 e. The number of carbonyl (C=O) groups excluding carboxylic acids is 3. The molecule has 3 aromatic rings. The second-order valence-corrected chi connectivity index (χ2v) is 16.1. The van der Waals surface area contributed by atoms with Crippen molar-refractivity contribution in [1.82, 2.24) is 29.6 Å². The molecule has 2 N–H and O–H groups in total. The number of nitrogens with one attached hydrogen (secondary N) is 2. The molecule has 13 heteroatoms. The molecule has 12 nitrogen and oxygen atoms in total. The van der Waals surface area contributed by atoms with Gasteiger partial charge in [0.2, 0.25) is 27.7 Å². The van der Waals surface area contributed by atoms with Gasteiger partial charge in [0.25, 0.3) is 0 Å². The fourth-order valence-corrected chi connectivity index (χ4v) is 8.46. The van der Waals surface area contributed by atoms with Crippen molar-refractivity contribution in [2.45, 2.75) is 57.4 Å². The zero-order valence-electron chi connectivity index (χ0n) is 27.8. The Morgan fingerprint density at radius 2 is 1.60 bits per heavy atom. The van der Waals surface area contributed by atoms with Gasteiger partial charge in [-0.1, -0.05) is 74.5 Å². The van der Waals surface area contributed by atoms with Gasteiger partial charge >= 0.3 is 0 Å². The van der Waals surface area contributed by atoms with Gasteiger partial charge in [-0.25, -0.2) is 8.42 Å². The topological polar surface area (TPSA) is 143 Å². The first-order valence-electron chi connectivity index (χ1n) is 16.4. The number of nitrogens with zero attached hydrogens (tertiary/aromatic N) is 4. The third-order valence-electron chi connectivity index (χ3n) is 10.2. The molecule has 2 aromatic carbocycles. The van der Waals surface area contributed by atoms with Crippen LogP contribution >= 0.6 is 0 Å². The van der Waals surface area contributed by atoms with Crippen LogP contribution in [-0.4, -0.2) is 90.5 Å². The van der Waals surface area contributed by atoms with Crippen LogP contribution in [0.3, 0.4) is 0 Å². The number of sulfonamides is 1. The van der Waals surface area contributed by atoms with E-state index in [-0.39, 0.29) is 54.9 Å². The minimum atomic E-state index is -4.03. The molecule has 3 amide bonds. The van der Waals surface area contributed by atoms with Crippen molar-refractivity contribution < 1.29 is 27.5 Å². The Bertz CT molecular complexity index is 1760. The molecule has 0 bridgehead atoms. The van der Waals surface area contributed by atoms with Crippen LogP contribution in [0.15, 0.2) is 78.0 Å². The minimum Gasteiger partial charge on any atom is -0.371 e. The molecule has 0 radical (unpaired) electrons. The number of carbonyl (C=O) groups is 3. The number of likely N-dealkylation sites (N-methyl/N-ethyl adjacent to an activating group) is 1. The van der Waals surface area contributed by atoms with Crippen LogP contribution in [-0.2, 0) is 42.3 Å². The van der Waals surface area contributed by atoms with Crippen molar-refractivity contribution >= 4 is 27.7 Å². The Kier molecular flexibility index (Phi) is 9.22. The first-order chi connectivity index (χ1) is 22.8. The molecular formula is C35H44N6O6S. The number of rotatable bonds is 12. The molecule has 3 aliphatic rings. The molecule has 6 rings (SSSR count). The van der Waals surface area contributed by atoms with Gasteiger partial charge < -0.3 is 20.3 Å². The molecule has 1 aromatic heterocycles. The second-order valence-electron chi connectivity index (χ2n) is 14.1. The molecular weight excluding hydrogens is 632 g/mol. The maximum atomic E-state index is 14.1. The zero-order chi connectivity index (χ0) is 34.3. The van der Waals surface area contributed by atoms with E-state index in [1.54, 1.807) is 16.5 Å². The van der Waals surface area contributed by atoms with E-state index >= 15 is 0 Å². The molecule has 1 spiro atoms. The number of benzene rings is 2. The predicted octanol–water partition coefficient (Wildman–Crippen LogP) is 2.26. The molecule has 4 atom stereocenters. The molecule has 2 saturated heterocycles. The van der Waals surface area contributed by atoms with E-state index in [4.69, 9.17) is 4.74 Å². The number of hydrogen-bond donors (Lipinski definition) is 2. The van der Waals surface area contributed by atoms with Crippen molar-refractivity contribution in [3.63, 3.8) is 0 Å². The van der Waals surface area contributed by atoms with E-state index < -0.39 is 45.3 Å². The highest BCUT2D eigenvalue weighted by molar-refractivity contribution is 7.89. The fourth-order valence-electron chi connectivity index (χ4n) is 6.95. The highest BCUT2D eigenvalue weighted by Crippen LogP contribution is 2.55. The molecule has 3 heterocycles. The third-order valence-corrected chi connectivity index (χ3v) is 11.9. The van der Waals surface area contributed by atoms with Gasteiger partial charge in [0.05, 0.1) is 31.4 Å². The molecule has 1 saturated carbocycles. The summed E-state index contributed by atoms with van der Waals surface area (Å²) >= 11 is 0. The highest BCUT2D eigenvalue weighted by atomic mass is 32.2. The van der Waals surface area contributed by atoms with Crippen LogP contribution < -0.4 is 10.6 Å². The summed E-state index contributed by atoms with van der Waals surface area (Å²) in [5, 5.41) is 9.79. The molecule has 3 fully saturated rings. The number of ether oxygens (including phenoxy) is 1. The first-order valence-corrected chi connectivity index (χ1v) is 17.8. The van der Waals surface area contributed by atoms with Crippen LogP contribution in [0.5, 0.6) is 0 Å². The van der Waals surface area contributed by atoms with Crippen LogP contribution in [0, 0.1) is 22.7 Å². The third kappa shape index (κ3) is 6.76. The summed E-state index contributed by atoms with van der Waals surface area (Å²) in [5.41, 5.74) is 1.05. The molecule has 256 valence electrons. The predicted molar refractivity (Wildman–Crippen MR) is 178 cm³/mol. The van der Waals surface area contributed by atoms with Gasteiger partial charge in [0.15, 0.2) is 0 Å². The molecule has 0 unspecified atom stereocenters. The average Bonchev–Trinajstić information content (AvgIpc) is 3.38. The van der Waals surface area contributed by atoms with Crippen molar-refractivity contribution in [3.8, 4) is 0 Å². The maximum absolute atomic E-state index is 14.1. The first kappa shape index (κ1) is 33.8. The summed E-state index contributed by atoms with van der Waals surface area (Å²) in [6.07, 6.45) is 2.96. The van der Waals surface area contributed by atoms with Gasteiger partial charge in [-0.2, -0.15) is 9.40 Å². The quantitative estimate of drug-likeness (QED) is 0.300. The lowest BCUT2D eigenvalue weighted by atomic mass is 9.70. The standard InChI is InChI=1S/C35H44N6O6S/c1-24(47-20-26-13-9-6-10-14-26)30(32(43)36-4)38-31(42)29-19-41(23-35(29)21-39(22-35)33(44)28-15-34(28,2)3)48(45,46)27-16-37-40(18-27)17-25-11-7-5-8-12-25/h5-14,16,18,24,28-30H,15,17,19-23H2,1-4H3,(H,36,43)(H,38,42)/t24-,28-,29-,30+/m1/s1. The zero-order valence-corrected chi connectivity index (χ0v) is 28.7. The minimum absolute atomic E-state index is 0.0350. The van der Waals surface area contributed by atoms with Crippen LogP contribution in [0.1, 0.15) is 38.3 Å². The van der Waals surface area contributed by atoms with Crippen LogP contribution in [0.4, 0.5) is 0 Å². The lowest BCUT2D eigenvalue weighted by Crippen LogP contribution is -2.65. The van der Waals surface area contributed by atoms with E-state index in [0.29, 0.717) is 6.54 Å². The number of hydrogen-bond acceptors (Lipinski definition) is 7. The monoisotopic (exact) mass is 676 g/mol. The van der Waals surface area contributed by atoms with E-state index in [2.05, 4.69) is 29.6 Å². The summed E-state index contributed by atoms with van der Waals surface area (Å²) in [4.78, 5) is 42.2. The fraction of sp³-hybridized carbons (Fsp3) is 0.486. The lowest BCUT2D eigenvalue weighted by molar-refractivity contribution is -0.152. The van der Waals surface area contributed by atoms with Crippen LogP contribution in [0.2, 0.25) is 0 Å². The number of likely N-dealkylation sites (tertiary alicyclic amines) is 1. The normalized spacial score (nSPS) is 22.5. The Hall–Kier alpha value is -4.07. The van der Waals surface area contributed by atoms with Crippen molar-refractivity contribution in [3.05, 3.63) is 84.2 Å².